The number of aliphatic imine (C=N–C) groups is 1. The number of hydrogen-bond donors (Lipinski definition) is 0. The van der Waals surface area contributed by atoms with Gasteiger partial charge < -0.3 is 0 Å². The largest absolute Gasteiger partial charge is 0.225 e. The maximum atomic E-state index is 5.74. The normalized spacial score (nSPS) is 9.67. The Labute approximate surface area is 86.0 Å². The second-order valence-corrected chi connectivity index (χ2v) is 3.63. The lowest BCUT2D eigenvalue weighted by Crippen LogP contribution is -1.76. The standard InChI is InChI=1S/C8H6Cl3N/c1-5-4-6(9)2-3-7(5)12-8(10)11/h2-4H,1H3. The molecular formula is C8H6Cl3N. The molecule has 1 rings (SSSR count). The summed E-state index contributed by atoms with van der Waals surface area (Å²) in [7, 11) is 0. The second-order valence-electron chi connectivity index (χ2n) is 2.28. The van der Waals surface area contributed by atoms with E-state index in [1.54, 1.807) is 18.2 Å². The Morgan fingerprint density at radius 3 is 2.50 bits per heavy atom. The van der Waals surface area contributed by atoms with E-state index in [1.165, 1.54) is 0 Å². The molecule has 4 heteroatoms. The molecular weight excluding hydrogens is 216 g/mol. The third-order valence-electron chi connectivity index (χ3n) is 1.36. The summed E-state index contributed by atoms with van der Waals surface area (Å²) in [6, 6.07) is 5.31. The highest BCUT2D eigenvalue weighted by Crippen LogP contribution is 2.23. The topological polar surface area (TPSA) is 12.4 Å². The van der Waals surface area contributed by atoms with Crippen molar-refractivity contribution in [3.05, 3.63) is 28.8 Å². The molecule has 1 nitrogen and oxygen atoms in total. The first-order chi connectivity index (χ1) is 5.59. The predicted molar refractivity (Wildman–Crippen MR) is 55.0 cm³/mol. The summed E-state index contributed by atoms with van der Waals surface area (Å²) in [4.78, 5) is 3.89. The van der Waals surface area contributed by atoms with E-state index in [0.717, 1.165) is 11.3 Å². The van der Waals surface area contributed by atoms with E-state index in [2.05, 4.69) is 4.99 Å². The fourth-order valence-electron chi connectivity index (χ4n) is 0.835. The fourth-order valence-corrected chi connectivity index (χ4v) is 1.24. The summed E-state index contributed by atoms with van der Waals surface area (Å²) in [5.41, 5.74) is 1.68. The van der Waals surface area contributed by atoms with Crippen LogP contribution in [-0.2, 0) is 0 Å². The van der Waals surface area contributed by atoms with Gasteiger partial charge in [0.15, 0.2) is 4.63 Å². The molecule has 0 N–H and O–H groups in total. The Balaban J connectivity index is 3.10. The smallest absolute Gasteiger partial charge is 0.197 e. The molecule has 0 saturated carbocycles. The predicted octanol–water partition coefficient (Wildman–Crippen LogP) is 4.11. The van der Waals surface area contributed by atoms with Crippen LogP contribution in [-0.4, -0.2) is 4.63 Å². The minimum Gasteiger partial charge on any atom is -0.225 e. The van der Waals surface area contributed by atoms with Gasteiger partial charge >= 0.3 is 0 Å². The van der Waals surface area contributed by atoms with Gasteiger partial charge in [0.2, 0.25) is 0 Å². The van der Waals surface area contributed by atoms with E-state index in [4.69, 9.17) is 34.8 Å². The van der Waals surface area contributed by atoms with Gasteiger partial charge in [-0.1, -0.05) is 11.6 Å². The Kier molecular flexibility index (Phi) is 3.39. The lowest BCUT2D eigenvalue weighted by Gasteiger charge is -1.99. The molecule has 0 aromatic heterocycles. The lowest BCUT2D eigenvalue weighted by molar-refractivity contribution is 1.41. The molecule has 0 spiro atoms. The highest BCUT2D eigenvalue weighted by molar-refractivity contribution is 6.95. The highest BCUT2D eigenvalue weighted by Gasteiger charge is 1.97. The van der Waals surface area contributed by atoms with Crippen LogP contribution < -0.4 is 0 Å². The Bertz CT molecular complexity index is 316. The third kappa shape index (κ3) is 2.67. The zero-order valence-electron chi connectivity index (χ0n) is 6.31. The monoisotopic (exact) mass is 221 g/mol. The number of halogens is 3. The van der Waals surface area contributed by atoms with Crippen LogP contribution in [0.3, 0.4) is 0 Å². The zero-order valence-corrected chi connectivity index (χ0v) is 8.58. The van der Waals surface area contributed by atoms with E-state index in [1.807, 2.05) is 6.92 Å². The lowest BCUT2D eigenvalue weighted by atomic mass is 10.2. The van der Waals surface area contributed by atoms with Gasteiger partial charge in [-0.25, -0.2) is 4.99 Å². The fraction of sp³-hybridized carbons (Fsp3) is 0.125. The van der Waals surface area contributed by atoms with Crippen LogP contribution in [0, 0.1) is 6.92 Å². The maximum Gasteiger partial charge on any atom is 0.197 e. The number of aryl methyl sites for hydroxylation is 1. The van der Waals surface area contributed by atoms with Crippen molar-refractivity contribution in [2.45, 2.75) is 6.92 Å². The van der Waals surface area contributed by atoms with Crippen LogP contribution in [0.5, 0.6) is 0 Å². The SMILES string of the molecule is Cc1cc(Cl)ccc1N=C(Cl)Cl. The van der Waals surface area contributed by atoms with Crippen LogP contribution in [0.1, 0.15) is 5.56 Å². The van der Waals surface area contributed by atoms with E-state index < -0.39 is 0 Å². The van der Waals surface area contributed by atoms with E-state index in [-0.39, 0.29) is 4.63 Å². The summed E-state index contributed by atoms with van der Waals surface area (Å²) in [5, 5.41) is 0.678. The molecule has 64 valence electrons. The summed E-state index contributed by atoms with van der Waals surface area (Å²) in [5.74, 6) is 0. The number of benzene rings is 1. The van der Waals surface area contributed by atoms with E-state index in [0.29, 0.717) is 5.02 Å². The summed E-state index contributed by atoms with van der Waals surface area (Å²) in [6.45, 7) is 1.89. The number of nitrogens with zero attached hydrogens (tertiary/aromatic N) is 1. The Hall–Kier alpha value is -0.240. The van der Waals surface area contributed by atoms with Crippen molar-refractivity contribution in [1.29, 1.82) is 0 Å². The molecule has 0 aliphatic rings. The first kappa shape index (κ1) is 9.85. The molecule has 0 fully saturated rings. The van der Waals surface area contributed by atoms with Crippen LogP contribution in [0.25, 0.3) is 0 Å². The molecule has 1 aromatic rings. The molecule has 0 bridgehead atoms. The Morgan fingerprint density at radius 1 is 1.33 bits per heavy atom. The van der Waals surface area contributed by atoms with Crippen molar-refractivity contribution in [3.8, 4) is 0 Å². The van der Waals surface area contributed by atoms with Gasteiger partial charge in [-0.05, 0) is 53.9 Å². The van der Waals surface area contributed by atoms with Gasteiger partial charge in [0.1, 0.15) is 0 Å². The zero-order chi connectivity index (χ0) is 9.14. The van der Waals surface area contributed by atoms with Crippen molar-refractivity contribution in [2.75, 3.05) is 0 Å². The van der Waals surface area contributed by atoms with Gasteiger partial charge in [-0.2, -0.15) is 0 Å². The highest BCUT2D eigenvalue weighted by atomic mass is 35.5. The Morgan fingerprint density at radius 2 is 2.00 bits per heavy atom. The van der Waals surface area contributed by atoms with Gasteiger partial charge in [0.25, 0.3) is 0 Å². The van der Waals surface area contributed by atoms with Gasteiger partial charge in [0, 0.05) is 5.02 Å². The van der Waals surface area contributed by atoms with Crippen molar-refractivity contribution in [2.24, 2.45) is 4.99 Å². The molecule has 0 radical (unpaired) electrons. The van der Waals surface area contributed by atoms with Gasteiger partial charge in [-0.15, -0.1) is 0 Å². The molecule has 0 heterocycles. The van der Waals surface area contributed by atoms with E-state index >= 15 is 0 Å². The molecule has 0 unspecified atom stereocenters. The second kappa shape index (κ2) is 4.13. The maximum absolute atomic E-state index is 5.74. The first-order valence-electron chi connectivity index (χ1n) is 3.25. The molecule has 0 aliphatic heterocycles. The van der Waals surface area contributed by atoms with Crippen LogP contribution >= 0.6 is 34.8 Å². The molecule has 0 atom stereocenters. The summed E-state index contributed by atoms with van der Waals surface area (Å²) < 4.78 is 0.000391. The minimum absolute atomic E-state index is 0.000391. The van der Waals surface area contributed by atoms with Crippen LogP contribution in [0.2, 0.25) is 5.02 Å². The molecule has 12 heavy (non-hydrogen) atoms. The first-order valence-corrected chi connectivity index (χ1v) is 4.39. The van der Waals surface area contributed by atoms with Crippen LogP contribution in [0.15, 0.2) is 23.2 Å². The van der Waals surface area contributed by atoms with Crippen molar-refractivity contribution < 1.29 is 0 Å². The quantitative estimate of drug-likeness (QED) is 0.634. The summed E-state index contributed by atoms with van der Waals surface area (Å²) in [6.07, 6.45) is 0. The number of hydrogen-bond acceptors (Lipinski definition) is 1. The molecule has 0 amide bonds. The van der Waals surface area contributed by atoms with Gasteiger partial charge in [0.05, 0.1) is 5.69 Å². The van der Waals surface area contributed by atoms with E-state index in [9.17, 15) is 0 Å². The van der Waals surface area contributed by atoms with Crippen LogP contribution in [0.4, 0.5) is 5.69 Å². The summed E-state index contributed by atoms with van der Waals surface area (Å²) >= 11 is 16.6. The molecule has 0 aliphatic carbocycles. The average molecular weight is 223 g/mol. The molecule has 1 aromatic carbocycles. The third-order valence-corrected chi connectivity index (χ3v) is 1.77. The van der Waals surface area contributed by atoms with Crippen molar-refractivity contribution >= 4 is 45.1 Å². The average Bonchev–Trinajstić information content (AvgIpc) is 1.94. The molecule has 0 saturated heterocycles. The van der Waals surface area contributed by atoms with Crippen molar-refractivity contribution in [1.82, 2.24) is 0 Å². The van der Waals surface area contributed by atoms with Gasteiger partial charge in [-0.3, -0.25) is 0 Å². The number of rotatable bonds is 1. The minimum atomic E-state index is 0.000391. The van der Waals surface area contributed by atoms with Crippen molar-refractivity contribution in [3.63, 3.8) is 0 Å².